The Labute approximate surface area is 141 Å². The molecule has 134 valence electrons. The summed E-state index contributed by atoms with van der Waals surface area (Å²) in [6.45, 7) is 10.6. The van der Waals surface area contributed by atoms with E-state index in [2.05, 4.69) is 35.6 Å². The molecule has 0 bridgehead atoms. The van der Waals surface area contributed by atoms with Crippen LogP contribution in [0.15, 0.2) is 12.4 Å². The predicted octanol–water partition coefficient (Wildman–Crippen LogP) is 3.59. The second kappa shape index (κ2) is 5.86. The minimum absolute atomic E-state index is 0.192. The molecular formula is C17H25F3N4. The van der Waals surface area contributed by atoms with Crippen LogP contribution < -0.4 is 4.90 Å². The number of hydrogen-bond donors (Lipinski definition) is 0. The van der Waals surface area contributed by atoms with E-state index in [0.29, 0.717) is 11.4 Å². The van der Waals surface area contributed by atoms with Crippen LogP contribution in [0.3, 0.4) is 0 Å². The van der Waals surface area contributed by atoms with Gasteiger partial charge in [0.15, 0.2) is 0 Å². The fourth-order valence-corrected chi connectivity index (χ4v) is 3.73. The number of anilines is 1. The molecule has 0 saturated carbocycles. The maximum atomic E-state index is 12.6. The molecule has 24 heavy (non-hydrogen) atoms. The van der Waals surface area contributed by atoms with Crippen molar-refractivity contribution in [1.82, 2.24) is 14.9 Å². The van der Waals surface area contributed by atoms with Crippen LogP contribution >= 0.6 is 0 Å². The van der Waals surface area contributed by atoms with Crippen molar-refractivity contribution in [3.8, 4) is 0 Å². The summed E-state index contributed by atoms with van der Waals surface area (Å²) in [6.07, 6.45) is 0.665. The maximum Gasteiger partial charge on any atom is 0.419 e. The monoisotopic (exact) mass is 342 g/mol. The van der Waals surface area contributed by atoms with Gasteiger partial charge in [-0.1, -0.05) is 0 Å². The highest BCUT2D eigenvalue weighted by Gasteiger charge is 2.43. The van der Waals surface area contributed by atoms with Crippen LogP contribution in [0.25, 0.3) is 0 Å². The van der Waals surface area contributed by atoms with Crippen molar-refractivity contribution < 1.29 is 13.2 Å². The molecule has 2 aliphatic heterocycles. The van der Waals surface area contributed by atoms with Crippen molar-refractivity contribution in [2.45, 2.75) is 51.7 Å². The second-order valence-corrected chi connectivity index (χ2v) is 8.10. The number of hydrogen-bond acceptors (Lipinski definition) is 4. The molecule has 0 atom stereocenters. The highest BCUT2D eigenvalue weighted by Crippen LogP contribution is 2.43. The fraction of sp³-hybridized carbons (Fsp3) is 0.765. The zero-order chi connectivity index (χ0) is 17.6. The maximum absolute atomic E-state index is 12.6. The normalized spacial score (nSPS) is 22.3. The molecule has 3 rings (SSSR count). The molecule has 0 aliphatic carbocycles. The Morgan fingerprint density at radius 1 is 0.958 bits per heavy atom. The third-order valence-corrected chi connectivity index (χ3v) is 5.46. The number of piperidine rings is 1. The Hall–Kier alpha value is -1.37. The van der Waals surface area contributed by atoms with E-state index < -0.39 is 11.7 Å². The van der Waals surface area contributed by atoms with Crippen molar-refractivity contribution in [2.24, 2.45) is 5.41 Å². The Balaban J connectivity index is 1.62. The van der Waals surface area contributed by atoms with E-state index >= 15 is 0 Å². The molecule has 4 nitrogen and oxygen atoms in total. The van der Waals surface area contributed by atoms with Crippen molar-refractivity contribution in [2.75, 3.05) is 31.1 Å². The molecule has 2 saturated heterocycles. The van der Waals surface area contributed by atoms with Gasteiger partial charge in [0.2, 0.25) is 5.95 Å². The number of halogens is 3. The Morgan fingerprint density at radius 2 is 1.50 bits per heavy atom. The van der Waals surface area contributed by atoms with Gasteiger partial charge in [-0.3, -0.25) is 4.90 Å². The minimum Gasteiger partial charge on any atom is -0.341 e. The first-order valence-electron chi connectivity index (χ1n) is 8.48. The van der Waals surface area contributed by atoms with Gasteiger partial charge in [-0.15, -0.1) is 0 Å². The Bertz CT molecular complexity index is 569. The lowest BCUT2D eigenvalue weighted by atomic mass is 9.77. The predicted molar refractivity (Wildman–Crippen MR) is 86.9 cm³/mol. The molecule has 7 heteroatoms. The molecule has 0 unspecified atom stereocenters. The van der Waals surface area contributed by atoms with E-state index in [1.807, 2.05) is 4.90 Å². The quantitative estimate of drug-likeness (QED) is 0.781. The third-order valence-electron chi connectivity index (χ3n) is 5.46. The average Bonchev–Trinajstić information content (AvgIpc) is 2.91. The van der Waals surface area contributed by atoms with Crippen LogP contribution in [0.5, 0.6) is 0 Å². The zero-order valence-corrected chi connectivity index (χ0v) is 14.5. The van der Waals surface area contributed by atoms with E-state index in [0.717, 1.165) is 51.4 Å². The number of aromatic nitrogens is 2. The van der Waals surface area contributed by atoms with Gasteiger partial charge in [-0.2, -0.15) is 13.2 Å². The topological polar surface area (TPSA) is 32.3 Å². The summed E-state index contributed by atoms with van der Waals surface area (Å²) in [4.78, 5) is 12.4. The van der Waals surface area contributed by atoms with Crippen LogP contribution in [0.1, 0.15) is 45.6 Å². The van der Waals surface area contributed by atoms with Crippen LogP contribution in [0, 0.1) is 5.41 Å². The first kappa shape index (κ1) is 17.5. The van der Waals surface area contributed by atoms with Crippen molar-refractivity contribution in [3.05, 3.63) is 18.0 Å². The summed E-state index contributed by atoms with van der Waals surface area (Å²) in [6, 6.07) is 0. The lowest BCUT2D eigenvalue weighted by Gasteiger charge is -2.41. The van der Waals surface area contributed by atoms with Crippen LogP contribution in [0.4, 0.5) is 19.1 Å². The van der Waals surface area contributed by atoms with Gasteiger partial charge in [0, 0.05) is 37.6 Å². The summed E-state index contributed by atoms with van der Waals surface area (Å²) >= 11 is 0. The van der Waals surface area contributed by atoms with Gasteiger partial charge in [0.05, 0.1) is 5.56 Å². The average molecular weight is 342 g/mol. The van der Waals surface area contributed by atoms with E-state index in [-0.39, 0.29) is 5.54 Å². The molecule has 1 aromatic rings. The minimum atomic E-state index is -4.38. The molecule has 0 aromatic carbocycles. The first-order chi connectivity index (χ1) is 11.1. The van der Waals surface area contributed by atoms with E-state index in [4.69, 9.17) is 0 Å². The second-order valence-electron chi connectivity index (χ2n) is 8.10. The van der Waals surface area contributed by atoms with Gasteiger partial charge < -0.3 is 4.90 Å². The number of rotatable bonds is 1. The van der Waals surface area contributed by atoms with Crippen LogP contribution in [0.2, 0.25) is 0 Å². The summed E-state index contributed by atoms with van der Waals surface area (Å²) in [5.74, 6) is 0.406. The molecule has 2 fully saturated rings. The van der Waals surface area contributed by atoms with Gasteiger partial charge >= 0.3 is 6.18 Å². The van der Waals surface area contributed by atoms with Crippen molar-refractivity contribution in [3.63, 3.8) is 0 Å². The lowest BCUT2D eigenvalue weighted by Crippen LogP contribution is -2.45. The molecule has 0 N–H and O–H groups in total. The van der Waals surface area contributed by atoms with Gasteiger partial charge in [-0.25, -0.2) is 9.97 Å². The molecule has 3 heterocycles. The summed E-state index contributed by atoms with van der Waals surface area (Å²) in [5.41, 5.74) is -0.260. The van der Waals surface area contributed by atoms with E-state index in [1.165, 1.54) is 6.42 Å². The summed E-state index contributed by atoms with van der Waals surface area (Å²) in [5, 5.41) is 0. The summed E-state index contributed by atoms with van der Waals surface area (Å²) in [7, 11) is 0. The van der Waals surface area contributed by atoms with Crippen molar-refractivity contribution >= 4 is 5.95 Å². The first-order valence-corrected chi connectivity index (χ1v) is 8.48. The van der Waals surface area contributed by atoms with E-state index in [9.17, 15) is 13.2 Å². The number of likely N-dealkylation sites (tertiary alicyclic amines) is 1. The standard InChI is InChI=1S/C17H25F3N4/c1-15(2,3)24-9-6-16(12-24)4-7-23(8-5-16)14-21-10-13(11-22-14)17(18,19)20/h10-11H,4-9,12H2,1-3H3. The Morgan fingerprint density at radius 3 is 1.96 bits per heavy atom. The Kier molecular flexibility index (Phi) is 4.26. The van der Waals surface area contributed by atoms with Gasteiger partial charge in [0.1, 0.15) is 0 Å². The molecule has 0 radical (unpaired) electrons. The molecular weight excluding hydrogens is 317 g/mol. The smallest absolute Gasteiger partial charge is 0.341 e. The highest BCUT2D eigenvalue weighted by molar-refractivity contribution is 5.31. The summed E-state index contributed by atoms with van der Waals surface area (Å²) < 4.78 is 37.8. The van der Waals surface area contributed by atoms with Gasteiger partial charge in [-0.05, 0) is 52.0 Å². The number of alkyl halides is 3. The van der Waals surface area contributed by atoms with Crippen LogP contribution in [-0.4, -0.2) is 46.6 Å². The van der Waals surface area contributed by atoms with Crippen molar-refractivity contribution in [1.29, 1.82) is 0 Å². The lowest BCUT2D eigenvalue weighted by molar-refractivity contribution is -0.138. The SMILES string of the molecule is CC(C)(C)N1CCC2(CCN(c3ncc(C(F)(F)F)cn3)CC2)C1. The molecule has 2 aliphatic rings. The fourth-order valence-electron chi connectivity index (χ4n) is 3.73. The zero-order valence-electron chi connectivity index (χ0n) is 14.5. The van der Waals surface area contributed by atoms with Gasteiger partial charge in [0.25, 0.3) is 0 Å². The highest BCUT2D eigenvalue weighted by atomic mass is 19.4. The van der Waals surface area contributed by atoms with E-state index in [1.54, 1.807) is 0 Å². The molecule has 1 spiro atoms. The molecule has 1 aromatic heterocycles. The largest absolute Gasteiger partial charge is 0.419 e. The third kappa shape index (κ3) is 3.50. The molecule has 0 amide bonds. The number of nitrogens with zero attached hydrogens (tertiary/aromatic N) is 4. The van der Waals surface area contributed by atoms with Crippen LogP contribution in [-0.2, 0) is 6.18 Å².